The normalized spacial score (nSPS) is 11.1. The first-order chi connectivity index (χ1) is 15.4. The van der Waals surface area contributed by atoms with Gasteiger partial charge in [-0.2, -0.15) is 5.10 Å². The van der Waals surface area contributed by atoms with Crippen molar-refractivity contribution in [2.24, 2.45) is 7.05 Å². The van der Waals surface area contributed by atoms with Crippen LogP contribution in [0.15, 0.2) is 58.2 Å². The van der Waals surface area contributed by atoms with Gasteiger partial charge in [0.1, 0.15) is 11.2 Å². The van der Waals surface area contributed by atoms with Gasteiger partial charge in [0, 0.05) is 30.5 Å². The van der Waals surface area contributed by atoms with Gasteiger partial charge in [0.25, 0.3) is 5.56 Å². The number of hydrogen-bond acceptors (Lipinski definition) is 5. The van der Waals surface area contributed by atoms with Gasteiger partial charge in [-0.25, -0.2) is 9.67 Å². The van der Waals surface area contributed by atoms with Gasteiger partial charge < -0.3 is 5.32 Å². The predicted octanol–water partition coefficient (Wildman–Crippen LogP) is 4.03. The lowest BCUT2D eigenvalue weighted by Crippen LogP contribution is -2.25. The van der Waals surface area contributed by atoms with Gasteiger partial charge >= 0.3 is 0 Å². The van der Waals surface area contributed by atoms with E-state index in [1.165, 1.54) is 0 Å². The van der Waals surface area contributed by atoms with Crippen LogP contribution in [0.4, 0.5) is 5.69 Å². The summed E-state index contributed by atoms with van der Waals surface area (Å²) in [6.45, 7) is 3.90. The highest BCUT2D eigenvalue weighted by Gasteiger charge is 2.18. The van der Waals surface area contributed by atoms with Crippen LogP contribution < -0.4 is 10.9 Å². The summed E-state index contributed by atoms with van der Waals surface area (Å²) >= 11 is 1.61. The molecular formula is C24H25N5O2S. The highest BCUT2D eigenvalue weighted by atomic mass is 32.2. The number of rotatable bonds is 6. The lowest BCUT2D eigenvalue weighted by Gasteiger charge is -2.09. The molecule has 7 nitrogen and oxygen atoms in total. The minimum atomic E-state index is -0.219. The lowest BCUT2D eigenvalue weighted by molar-refractivity contribution is -0.116. The second-order valence-electron chi connectivity index (χ2n) is 7.71. The number of amides is 1. The molecule has 2 heterocycles. The molecule has 32 heavy (non-hydrogen) atoms. The summed E-state index contributed by atoms with van der Waals surface area (Å²) in [4.78, 5) is 31.1. The Morgan fingerprint density at radius 1 is 1.12 bits per heavy atom. The molecule has 4 rings (SSSR count). The van der Waals surface area contributed by atoms with Gasteiger partial charge in [0.05, 0.1) is 11.4 Å². The first kappa shape index (κ1) is 21.8. The molecule has 0 aliphatic rings. The highest BCUT2D eigenvalue weighted by molar-refractivity contribution is 7.98. The zero-order chi connectivity index (χ0) is 22.8. The number of carbonyl (C=O) groups is 1. The van der Waals surface area contributed by atoms with Crippen molar-refractivity contribution in [1.82, 2.24) is 19.3 Å². The largest absolute Gasteiger partial charge is 0.326 e. The number of aryl methyl sites for hydroxylation is 4. The quantitative estimate of drug-likeness (QED) is 0.451. The van der Waals surface area contributed by atoms with Gasteiger partial charge in [0.15, 0.2) is 5.65 Å². The van der Waals surface area contributed by atoms with Crippen molar-refractivity contribution in [1.29, 1.82) is 0 Å². The number of benzene rings is 2. The molecule has 0 saturated carbocycles. The van der Waals surface area contributed by atoms with E-state index in [0.29, 0.717) is 16.9 Å². The first-order valence-electron chi connectivity index (χ1n) is 10.3. The SMILES string of the molecule is CSc1cccc(NC(=O)CCc2nc3c(C)nn(-c4ccc(C)cc4)c3n(C)c2=O)c1. The highest BCUT2D eigenvalue weighted by Crippen LogP contribution is 2.21. The van der Waals surface area contributed by atoms with E-state index in [-0.39, 0.29) is 24.3 Å². The third kappa shape index (κ3) is 4.31. The van der Waals surface area contributed by atoms with E-state index in [1.54, 1.807) is 28.1 Å². The molecule has 0 unspecified atom stereocenters. The molecule has 0 saturated heterocycles. The summed E-state index contributed by atoms with van der Waals surface area (Å²) in [6.07, 6.45) is 2.41. The van der Waals surface area contributed by atoms with Gasteiger partial charge in [-0.15, -0.1) is 11.8 Å². The molecule has 0 bridgehead atoms. The Morgan fingerprint density at radius 3 is 2.59 bits per heavy atom. The van der Waals surface area contributed by atoms with Crippen molar-refractivity contribution < 1.29 is 4.79 Å². The molecule has 164 valence electrons. The van der Waals surface area contributed by atoms with Crippen LogP contribution in [-0.4, -0.2) is 31.5 Å². The van der Waals surface area contributed by atoms with E-state index in [9.17, 15) is 9.59 Å². The summed E-state index contributed by atoms with van der Waals surface area (Å²) in [5, 5.41) is 7.51. The fraction of sp³-hybridized carbons (Fsp3) is 0.250. The van der Waals surface area contributed by atoms with Crippen molar-refractivity contribution in [3.05, 3.63) is 75.8 Å². The Morgan fingerprint density at radius 2 is 1.88 bits per heavy atom. The van der Waals surface area contributed by atoms with E-state index < -0.39 is 0 Å². The van der Waals surface area contributed by atoms with Crippen LogP contribution in [-0.2, 0) is 18.3 Å². The Hall–Kier alpha value is -3.39. The summed E-state index contributed by atoms with van der Waals surface area (Å²) in [7, 11) is 1.72. The summed E-state index contributed by atoms with van der Waals surface area (Å²) in [5.41, 5.74) is 4.93. The second kappa shape index (κ2) is 9.00. The van der Waals surface area contributed by atoms with E-state index in [1.807, 2.05) is 68.6 Å². The molecule has 0 fully saturated rings. The smallest absolute Gasteiger partial charge is 0.273 e. The third-order valence-electron chi connectivity index (χ3n) is 5.34. The van der Waals surface area contributed by atoms with Crippen LogP contribution in [0, 0.1) is 13.8 Å². The standard InChI is InChI=1S/C24H25N5O2S/c1-15-8-10-18(11-9-15)29-23-22(16(2)27-29)26-20(24(31)28(23)3)12-13-21(30)25-17-6-5-7-19(14-17)32-4/h5-11,14H,12-13H2,1-4H3,(H,25,30). The van der Waals surface area contributed by atoms with Gasteiger partial charge in [-0.3, -0.25) is 14.2 Å². The van der Waals surface area contributed by atoms with E-state index >= 15 is 0 Å². The Labute approximate surface area is 190 Å². The number of nitrogens with zero attached hydrogens (tertiary/aromatic N) is 4. The van der Waals surface area contributed by atoms with E-state index in [4.69, 9.17) is 0 Å². The predicted molar refractivity (Wildman–Crippen MR) is 129 cm³/mol. The number of carbonyl (C=O) groups excluding carboxylic acids is 1. The first-order valence-corrected chi connectivity index (χ1v) is 11.6. The third-order valence-corrected chi connectivity index (χ3v) is 6.07. The molecule has 4 aromatic rings. The average Bonchev–Trinajstić information content (AvgIpc) is 3.12. The maximum Gasteiger partial charge on any atom is 0.273 e. The molecule has 0 atom stereocenters. The number of hydrogen-bond donors (Lipinski definition) is 1. The van der Waals surface area contributed by atoms with Crippen molar-refractivity contribution >= 4 is 34.5 Å². The molecule has 0 aliphatic carbocycles. The molecule has 1 N–H and O–H groups in total. The Kier molecular flexibility index (Phi) is 6.14. The topological polar surface area (TPSA) is 81.8 Å². The van der Waals surface area contributed by atoms with E-state index in [2.05, 4.69) is 15.4 Å². The molecule has 8 heteroatoms. The van der Waals surface area contributed by atoms with Crippen LogP contribution in [0.25, 0.3) is 16.9 Å². The number of thioether (sulfide) groups is 1. The summed E-state index contributed by atoms with van der Waals surface area (Å²) < 4.78 is 3.31. The minimum absolute atomic E-state index is 0.153. The van der Waals surface area contributed by atoms with Crippen molar-refractivity contribution in [3.63, 3.8) is 0 Å². The fourth-order valence-electron chi connectivity index (χ4n) is 3.60. The number of nitrogens with one attached hydrogen (secondary N) is 1. The van der Waals surface area contributed by atoms with Crippen molar-refractivity contribution in [2.45, 2.75) is 31.6 Å². The minimum Gasteiger partial charge on any atom is -0.326 e. The second-order valence-corrected chi connectivity index (χ2v) is 8.59. The van der Waals surface area contributed by atoms with Crippen LogP contribution >= 0.6 is 11.8 Å². The monoisotopic (exact) mass is 447 g/mol. The molecule has 0 spiro atoms. The maximum absolute atomic E-state index is 13.0. The van der Waals surface area contributed by atoms with Crippen LogP contribution in [0.5, 0.6) is 0 Å². The van der Waals surface area contributed by atoms with Gasteiger partial charge in [0.2, 0.25) is 5.91 Å². The van der Waals surface area contributed by atoms with Crippen LogP contribution in [0.1, 0.15) is 23.4 Å². The lowest BCUT2D eigenvalue weighted by atomic mass is 10.2. The van der Waals surface area contributed by atoms with E-state index in [0.717, 1.165) is 27.5 Å². The zero-order valence-corrected chi connectivity index (χ0v) is 19.4. The molecule has 0 radical (unpaired) electrons. The average molecular weight is 448 g/mol. The molecular weight excluding hydrogens is 422 g/mol. The molecule has 1 amide bonds. The Balaban J connectivity index is 1.59. The van der Waals surface area contributed by atoms with Crippen LogP contribution in [0.2, 0.25) is 0 Å². The number of aromatic nitrogens is 4. The molecule has 2 aromatic carbocycles. The van der Waals surface area contributed by atoms with Gasteiger partial charge in [-0.05, 0) is 50.4 Å². The Bertz CT molecular complexity index is 1360. The van der Waals surface area contributed by atoms with Crippen molar-refractivity contribution in [3.8, 4) is 5.69 Å². The molecule has 2 aromatic heterocycles. The molecule has 0 aliphatic heterocycles. The van der Waals surface area contributed by atoms with Gasteiger partial charge in [-0.1, -0.05) is 23.8 Å². The summed E-state index contributed by atoms with van der Waals surface area (Å²) in [6, 6.07) is 15.6. The number of fused-ring (bicyclic) bond motifs is 1. The number of anilines is 1. The zero-order valence-electron chi connectivity index (χ0n) is 18.5. The van der Waals surface area contributed by atoms with Crippen molar-refractivity contribution in [2.75, 3.05) is 11.6 Å². The summed E-state index contributed by atoms with van der Waals surface area (Å²) in [5.74, 6) is -0.153. The van der Waals surface area contributed by atoms with Crippen LogP contribution in [0.3, 0.4) is 0 Å². The maximum atomic E-state index is 13.0. The fourth-order valence-corrected chi connectivity index (χ4v) is 4.06.